The molecule has 0 aliphatic carbocycles. The Labute approximate surface area is 125 Å². The van der Waals surface area contributed by atoms with E-state index in [4.69, 9.17) is 5.26 Å². The Morgan fingerprint density at radius 1 is 1.10 bits per heavy atom. The van der Waals surface area contributed by atoms with Gasteiger partial charge in [0.05, 0.1) is 24.6 Å². The van der Waals surface area contributed by atoms with Crippen LogP contribution in [0.3, 0.4) is 0 Å². The topological polar surface area (TPSA) is 56.0 Å². The minimum atomic E-state index is -0.585. The van der Waals surface area contributed by atoms with E-state index >= 15 is 0 Å². The first-order chi connectivity index (χ1) is 10.2. The number of hydrogen-bond donors (Lipinski definition) is 2. The van der Waals surface area contributed by atoms with Gasteiger partial charge in [0, 0.05) is 6.04 Å². The third kappa shape index (κ3) is 3.69. The van der Waals surface area contributed by atoms with Gasteiger partial charge in [-0.3, -0.25) is 5.32 Å². The summed E-state index contributed by atoms with van der Waals surface area (Å²) < 4.78 is 0. The van der Waals surface area contributed by atoms with Crippen molar-refractivity contribution >= 4 is 0 Å². The second-order valence-corrected chi connectivity index (χ2v) is 5.33. The van der Waals surface area contributed by atoms with E-state index in [1.165, 1.54) is 0 Å². The molecule has 0 aromatic heterocycles. The smallest absolute Gasteiger partial charge is 0.0652 e. The Kier molecular flexibility index (Phi) is 5.10. The summed E-state index contributed by atoms with van der Waals surface area (Å²) in [6.45, 7) is 1.92. The number of nitriles is 1. The molecule has 2 unspecified atom stereocenters. The predicted octanol–water partition coefficient (Wildman–Crippen LogP) is 3.14. The van der Waals surface area contributed by atoms with Gasteiger partial charge in [0.25, 0.3) is 0 Å². The van der Waals surface area contributed by atoms with Crippen LogP contribution in [0.15, 0.2) is 60.7 Å². The van der Waals surface area contributed by atoms with Gasteiger partial charge in [0.15, 0.2) is 0 Å². The van der Waals surface area contributed by atoms with Gasteiger partial charge in [0.1, 0.15) is 0 Å². The highest BCUT2D eigenvalue weighted by Crippen LogP contribution is 2.26. The average Bonchev–Trinajstić information content (AvgIpc) is 2.56. The fourth-order valence-electron chi connectivity index (χ4n) is 2.44. The summed E-state index contributed by atoms with van der Waals surface area (Å²) in [5.74, 6) is 0. The first-order valence-electron chi connectivity index (χ1n) is 7.05. The van der Waals surface area contributed by atoms with Crippen LogP contribution in [0.1, 0.15) is 30.5 Å². The van der Waals surface area contributed by atoms with Crippen LogP contribution in [-0.4, -0.2) is 11.7 Å². The zero-order valence-corrected chi connectivity index (χ0v) is 12.2. The van der Waals surface area contributed by atoms with Gasteiger partial charge in [-0.1, -0.05) is 60.7 Å². The van der Waals surface area contributed by atoms with E-state index in [1.54, 1.807) is 0 Å². The first-order valence-corrected chi connectivity index (χ1v) is 7.05. The van der Waals surface area contributed by atoms with Crippen LogP contribution in [0.2, 0.25) is 0 Å². The molecule has 2 aromatic rings. The molecule has 0 saturated carbocycles. The van der Waals surface area contributed by atoms with Crippen molar-refractivity contribution in [1.29, 1.82) is 5.26 Å². The molecule has 2 rings (SSSR count). The molecule has 0 bridgehead atoms. The van der Waals surface area contributed by atoms with Crippen LogP contribution >= 0.6 is 0 Å². The van der Waals surface area contributed by atoms with E-state index in [1.807, 2.05) is 67.6 Å². The van der Waals surface area contributed by atoms with E-state index < -0.39 is 5.54 Å². The van der Waals surface area contributed by atoms with Crippen molar-refractivity contribution in [2.24, 2.45) is 0 Å². The lowest BCUT2D eigenvalue weighted by Crippen LogP contribution is -2.44. The van der Waals surface area contributed by atoms with E-state index in [-0.39, 0.29) is 12.6 Å². The summed E-state index contributed by atoms with van der Waals surface area (Å²) in [7, 11) is 0. The largest absolute Gasteiger partial charge is 0.394 e. The monoisotopic (exact) mass is 280 g/mol. The molecule has 0 heterocycles. The third-order valence-electron chi connectivity index (χ3n) is 3.72. The maximum atomic E-state index is 9.86. The molecule has 2 aromatic carbocycles. The number of benzene rings is 2. The van der Waals surface area contributed by atoms with Crippen LogP contribution in [-0.2, 0) is 5.54 Å². The number of aliphatic hydroxyl groups excluding tert-OH is 1. The van der Waals surface area contributed by atoms with Crippen molar-refractivity contribution in [2.45, 2.75) is 24.9 Å². The Balaban J connectivity index is 2.28. The highest BCUT2D eigenvalue weighted by atomic mass is 16.3. The van der Waals surface area contributed by atoms with Crippen molar-refractivity contribution in [1.82, 2.24) is 5.32 Å². The number of rotatable bonds is 6. The summed E-state index contributed by atoms with van der Waals surface area (Å²) in [5, 5.41) is 22.4. The molecule has 3 nitrogen and oxygen atoms in total. The summed E-state index contributed by atoms with van der Waals surface area (Å²) in [6.07, 6.45) is 0.354. The van der Waals surface area contributed by atoms with Crippen molar-refractivity contribution in [3.63, 3.8) is 0 Å². The average molecular weight is 280 g/mol. The molecule has 2 N–H and O–H groups in total. The minimum absolute atomic E-state index is 0.0359. The van der Waals surface area contributed by atoms with E-state index in [2.05, 4.69) is 11.4 Å². The summed E-state index contributed by atoms with van der Waals surface area (Å²) in [5.41, 5.74) is 1.47. The molecule has 108 valence electrons. The summed E-state index contributed by atoms with van der Waals surface area (Å²) >= 11 is 0. The van der Waals surface area contributed by atoms with Gasteiger partial charge >= 0.3 is 0 Å². The lowest BCUT2D eigenvalue weighted by atomic mass is 9.90. The van der Waals surface area contributed by atoms with Gasteiger partial charge in [-0.15, -0.1) is 0 Å². The number of aliphatic hydroxyl groups is 1. The van der Waals surface area contributed by atoms with Gasteiger partial charge in [0.2, 0.25) is 0 Å². The molecule has 3 heteroatoms. The van der Waals surface area contributed by atoms with Gasteiger partial charge < -0.3 is 5.11 Å². The lowest BCUT2D eigenvalue weighted by Gasteiger charge is -2.33. The van der Waals surface area contributed by atoms with Crippen LogP contribution in [0.5, 0.6) is 0 Å². The van der Waals surface area contributed by atoms with Gasteiger partial charge in [-0.05, 0) is 18.1 Å². The van der Waals surface area contributed by atoms with E-state index in [0.29, 0.717) is 6.42 Å². The number of nitrogens with one attached hydrogen (secondary N) is 1. The molecule has 0 spiro atoms. The van der Waals surface area contributed by atoms with Gasteiger partial charge in [-0.25, -0.2) is 0 Å². The SMILES string of the molecule is CC(CO)(NC(CC#N)c1ccccc1)c1ccccc1. The van der Waals surface area contributed by atoms with E-state index in [9.17, 15) is 5.11 Å². The molecule has 0 fully saturated rings. The van der Waals surface area contributed by atoms with Crippen molar-refractivity contribution in [2.75, 3.05) is 6.61 Å². The zero-order chi connectivity index (χ0) is 15.1. The first kappa shape index (κ1) is 15.2. The molecule has 0 amide bonds. The van der Waals surface area contributed by atoms with Crippen LogP contribution < -0.4 is 5.32 Å². The molecule has 2 atom stereocenters. The lowest BCUT2D eigenvalue weighted by molar-refractivity contribution is 0.161. The standard InChI is InChI=1S/C18H20N2O/c1-18(14-21,16-10-6-3-7-11-16)20-17(12-13-19)15-8-4-2-5-9-15/h2-11,17,20-21H,12,14H2,1H3. The van der Waals surface area contributed by atoms with Crippen LogP contribution in [0.4, 0.5) is 0 Å². The maximum absolute atomic E-state index is 9.86. The van der Waals surface area contributed by atoms with Gasteiger partial charge in [-0.2, -0.15) is 5.26 Å². The van der Waals surface area contributed by atoms with Crippen molar-refractivity contribution in [3.05, 3.63) is 71.8 Å². The molecule has 0 aliphatic heterocycles. The Hall–Kier alpha value is -2.15. The van der Waals surface area contributed by atoms with Crippen molar-refractivity contribution in [3.8, 4) is 6.07 Å². The highest BCUT2D eigenvalue weighted by Gasteiger charge is 2.29. The minimum Gasteiger partial charge on any atom is -0.394 e. The maximum Gasteiger partial charge on any atom is 0.0652 e. The number of nitrogens with zero attached hydrogens (tertiary/aromatic N) is 1. The molecule has 0 radical (unpaired) electrons. The molecule has 0 saturated heterocycles. The number of hydrogen-bond acceptors (Lipinski definition) is 3. The fraction of sp³-hybridized carbons (Fsp3) is 0.278. The quantitative estimate of drug-likeness (QED) is 0.854. The van der Waals surface area contributed by atoms with Crippen LogP contribution in [0.25, 0.3) is 0 Å². The highest BCUT2D eigenvalue weighted by molar-refractivity contribution is 5.26. The molecular weight excluding hydrogens is 260 g/mol. The van der Waals surface area contributed by atoms with Crippen LogP contribution in [0, 0.1) is 11.3 Å². The Bertz CT molecular complexity index is 592. The van der Waals surface area contributed by atoms with Crippen molar-refractivity contribution < 1.29 is 5.11 Å². The second-order valence-electron chi connectivity index (χ2n) is 5.33. The van der Waals surface area contributed by atoms with E-state index in [0.717, 1.165) is 11.1 Å². The molecule has 0 aliphatic rings. The fourth-order valence-corrected chi connectivity index (χ4v) is 2.44. The second kappa shape index (κ2) is 7.03. The summed E-state index contributed by atoms with van der Waals surface area (Å²) in [6, 6.07) is 21.8. The molecule has 21 heavy (non-hydrogen) atoms. The summed E-state index contributed by atoms with van der Waals surface area (Å²) in [4.78, 5) is 0. The Morgan fingerprint density at radius 2 is 1.67 bits per heavy atom. The zero-order valence-electron chi connectivity index (χ0n) is 12.2. The Morgan fingerprint density at radius 3 is 2.19 bits per heavy atom. The molecular formula is C18H20N2O. The normalized spacial score (nSPS) is 14.9. The third-order valence-corrected chi connectivity index (χ3v) is 3.72. The predicted molar refractivity (Wildman–Crippen MR) is 83.4 cm³/mol.